The van der Waals surface area contributed by atoms with Gasteiger partial charge >= 0.3 is 0 Å². The molecule has 1 aromatic heterocycles. The first kappa shape index (κ1) is 16.2. The average Bonchev–Trinajstić information content (AvgIpc) is 2.56. The number of halogens is 1. The van der Waals surface area contributed by atoms with Crippen molar-refractivity contribution >= 4 is 18.3 Å². The smallest absolute Gasteiger partial charge is 0.254 e. The van der Waals surface area contributed by atoms with Crippen LogP contribution < -0.4 is 5.32 Å². The molecule has 6 nitrogen and oxygen atoms in total. The molecule has 3 heterocycles. The summed E-state index contributed by atoms with van der Waals surface area (Å²) in [6, 6.07) is 3.91. The van der Waals surface area contributed by atoms with Crippen LogP contribution in [0.25, 0.3) is 0 Å². The lowest BCUT2D eigenvalue weighted by molar-refractivity contribution is -0.161. The summed E-state index contributed by atoms with van der Waals surface area (Å²) in [5.41, 5.74) is 1.05. The molecule has 3 rings (SSSR count). The van der Waals surface area contributed by atoms with Crippen molar-refractivity contribution in [3.05, 3.63) is 30.1 Å². The van der Waals surface area contributed by atoms with Gasteiger partial charge in [0.2, 0.25) is 0 Å². The number of nitrogens with one attached hydrogen (secondary N) is 1. The summed E-state index contributed by atoms with van der Waals surface area (Å²) < 4.78 is 10.9. The maximum Gasteiger partial charge on any atom is 0.254 e. The van der Waals surface area contributed by atoms with Crippen LogP contribution in [0.4, 0.5) is 0 Å². The molecule has 0 saturated carbocycles. The molecule has 0 radical (unpaired) electrons. The van der Waals surface area contributed by atoms with E-state index in [0.29, 0.717) is 26.4 Å². The van der Waals surface area contributed by atoms with Gasteiger partial charge < -0.3 is 19.7 Å². The Morgan fingerprint density at radius 2 is 2.33 bits per heavy atom. The van der Waals surface area contributed by atoms with E-state index in [1.807, 2.05) is 23.2 Å². The second kappa shape index (κ2) is 7.70. The van der Waals surface area contributed by atoms with Crippen molar-refractivity contribution in [1.29, 1.82) is 0 Å². The standard InChI is InChI=1S/C14H19N3O3.ClH/c18-14(13-10-19-6-7-20-13)17-5-4-16-9-12(17)11-2-1-3-15-8-11;/h1-3,8,12-13,16H,4-7,9-10H2;1H. The fourth-order valence-corrected chi connectivity index (χ4v) is 2.65. The number of carbonyl (C=O) groups is 1. The van der Waals surface area contributed by atoms with Gasteiger partial charge in [-0.3, -0.25) is 9.78 Å². The molecule has 2 aliphatic heterocycles. The van der Waals surface area contributed by atoms with Crippen molar-refractivity contribution in [2.45, 2.75) is 12.1 Å². The number of hydrogen-bond donors (Lipinski definition) is 1. The molecule has 21 heavy (non-hydrogen) atoms. The number of nitrogens with zero attached hydrogens (tertiary/aromatic N) is 2. The van der Waals surface area contributed by atoms with Crippen molar-refractivity contribution in [2.24, 2.45) is 0 Å². The van der Waals surface area contributed by atoms with Crippen molar-refractivity contribution in [3.63, 3.8) is 0 Å². The minimum atomic E-state index is -0.471. The molecule has 0 spiro atoms. The van der Waals surface area contributed by atoms with E-state index in [-0.39, 0.29) is 24.4 Å². The fourth-order valence-electron chi connectivity index (χ4n) is 2.65. The third-order valence-electron chi connectivity index (χ3n) is 3.69. The summed E-state index contributed by atoms with van der Waals surface area (Å²) in [7, 11) is 0. The van der Waals surface area contributed by atoms with E-state index in [2.05, 4.69) is 10.3 Å². The highest BCUT2D eigenvalue weighted by Gasteiger charge is 2.34. The van der Waals surface area contributed by atoms with Crippen LogP contribution in [0.3, 0.4) is 0 Å². The van der Waals surface area contributed by atoms with Gasteiger partial charge in [-0.15, -0.1) is 12.4 Å². The second-order valence-corrected chi connectivity index (χ2v) is 4.97. The summed E-state index contributed by atoms with van der Waals surface area (Å²) in [4.78, 5) is 18.6. The van der Waals surface area contributed by atoms with Crippen LogP contribution in [0.2, 0.25) is 0 Å². The lowest BCUT2D eigenvalue weighted by atomic mass is 10.0. The van der Waals surface area contributed by atoms with E-state index in [4.69, 9.17) is 9.47 Å². The zero-order chi connectivity index (χ0) is 13.8. The summed E-state index contributed by atoms with van der Waals surface area (Å²) in [5, 5.41) is 3.33. The van der Waals surface area contributed by atoms with Crippen LogP contribution >= 0.6 is 12.4 Å². The molecule has 2 aliphatic rings. The maximum absolute atomic E-state index is 12.6. The van der Waals surface area contributed by atoms with Gasteiger partial charge in [0, 0.05) is 32.0 Å². The maximum atomic E-state index is 12.6. The van der Waals surface area contributed by atoms with E-state index in [0.717, 1.165) is 18.7 Å². The number of piperazine rings is 1. The molecule has 0 aliphatic carbocycles. The zero-order valence-corrected chi connectivity index (χ0v) is 12.6. The second-order valence-electron chi connectivity index (χ2n) is 4.97. The zero-order valence-electron chi connectivity index (χ0n) is 11.7. The van der Waals surface area contributed by atoms with Crippen LogP contribution in [0.15, 0.2) is 24.5 Å². The highest BCUT2D eigenvalue weighted by molar-refractivity contribution is 5.85. The van der Waals surface area contributed by atoms with Gasteiger partial charge in [-0.05, 0) is 11.6 Å². The number of ether oxygens (including phenoxy) is 2. The monoisotopic (exact) mass is 313 g/mol. The van der Waals surface area contributed by atoms with E-state index in [1.54, 1.807) is 6.20 Å². The van der Waals surface area contributed by atoms with Gasteiger partial charge in [0.15, 0.2) is 6.10 Å². The molecule has 2 unspecified atom stereocenters. The van der Waals surface area contributed by atoms with Gasteiger partial charge in [-0.2, -0.15) is 0 Å². The minimum Gasteiger partial charge on any atom is -0.376 e. The van der Waals surface area contributed by atoms with Crippen LogP contribution in [-0.4, -0.2) is 61.3 Å². The van der Waals surface area contributed by atoms with E-state index >= 15 is 0 Å². The molecular formula is C14H20ClN3O3. The Kier molecular flexibility index (Phi) is 5.93. The van der Waals surface area contributed by atoms with Gasteiger partial charge in [-0.25, -0.2) is 0 Å². The summed E-state index contributed by atoms with van der Waals surface area (Å²) in [6.07, 6.45) is 3.08. The Morgan fingerprint density at radius 3 is 3.05 bits per heavy atom. The van der Waals surface area contributed by atoms with E-state index in [1.165, 1.54) is 0 Å². The molecule has 2 saturated heterocycles. The predicted molar refractivity (Wildman–Crippen MR) is 79.4 cm³/mol. The Hall–Kier alpha value is -1.21. The van der Waals surface area contributed by atoms with Crippen molar-refractivity contribution in [3.8, 4) is 0 Å². The Balaban J connectivity index is 0.00000161. The van der Waals surface area contributed by atoms with Crippen molar-refractivity contribution < 1.29 is 14.3 Å². The summed E-state index contributed by atoms with van der Waals surface area (Å²) >= 11 is 0. The average molecular weight is 314 g/mol. The van der Waals surface area contributed by atoms with Gasteiger partial charge in [0.1, 0.15) is 0 Å². The third kappa shape index (κ3) is 3.71. The summed E-state index contributed by atoms with van der Waals surface area (Å²) in [5.74, 6) is 0.0139. The normalized spacial score (nSPS) is 26.0. The van der Waals surface area contributed by atoms with E-state index in [9.17, 15) is 4.79 Å². The first-order chi connectivity index (χ1) is 9.86. The Morgan fingerprint density at radius 1 is 1.43 bits per heavy atom. The molecular weight excluding hydrogens is 294 g/mol. The Labute approximate surface area is 130 Å². The van der Waals surface area contributed by atoms with Gasteiger partial charge in [-0.1, -0.05) is 6.07 Å². The number of pyridine rings is 1. The highest BCUT2D eigenvalue weighted by atomic mass is 35.5. The SMILES string of the molecule is Cl.O=C(C1COCCO1)N1CCNCC1c1cccnc1. The first-order valence-electron chi connectivity index (χ1n) is 6.97. The summed E-state index contributed by atoms with van der Waals surface area (Å²) in [6.45, 7) is 3.62. The fraction of sp³-hybridized carbons (Fsp3) is 0.571. The number of rotatable bonds is 2. The molecule has 7 heteroatoms. The molecule has 2 atom stereocenters. The number of hydrogen-bond acceptors (Lipinski definition) is 5. The predicted octanol–water partition coefficient (Wildman–Crippen LogP) is 0.392. The van der Waals surface area contributed by atoms with Crippen LogP contribution in [-0.2, 0) is 14.3 Å². The van der Waals surface area contributed by atoms with E-state index < -0.39 is 6.10 Å². The molecule has 1 aromatic rings. The lowest BCUT2D eigenvalue weighted by Gasteiger charge is -2.38. The quantitative estimate of drug-likeness (QED) is 0.856. The van der Waals surface area contributed by atoms with Crippen molar-refractivity contribution in [1.82, 2.24) is 15.2 Å². The van der Waals surface area contributed by atoms with Crippen LogP contribution in [0.1, 0.15) is 11.6 Å². The molecule has 0 bridgehead atoms. The minimum absolute atomic E-state index is 0. The Bertz CT molecular complexity index is 454. The lowest BCUT2D eigenvalue weighted by Crippen LogP contribution is -2.53. The molecule has 0 aromatic carbocycles. The molecule has 1 amide bonds. The molecule has 116 valence electrons. The number of carbonyl (C=O) groups excluding carboxylic acids is 1. The van der Waals surface area contributed by atoms with Gasteiger partial charge in [0.25, 0.3) is 5.91 Å². The number of aromatic nitrogens is 1. The van der Waals surface area contributed by atoms with Crippen LogP contribution in [0, 0.1) is 0 Å². The van der Waals surface area contributed by atoms with Gasteiger partial charge in [0.05, 0.1) is 25.9 Å². The molecule has 2 fully saturated rings. The highest BCUT2D eigenvalue weighted by Crippen LogP contribution is 2.23. The topological polar surface area (TPSA) is 63.7 Å². The third-order valence-corrected chi connectivity index (χ3v) is 3.69. The first-order valence-corrected chi connectivity index (χ1v) is 6.97. The molecule has 1 N–H and O–H groups in total. The number of amides is 1. The van der Waals surface area contributed by atoms with Crippen molar-refractivity contribution in [2.75, 3.05) is 39.5 Å². The van der Waals surface area contributed by atoms with Crippen LogP contribution in [0.5, 0.6) is 0 Å². The largest absolute Gasteiger partial charge is 0.376 e.